The maximum absolute atomic E-state index is 12.7. The molecule has 3 aromatic rings. The van der Waals surface area contributed by atoms with E-state index in [1.165, 1.54) is 5.56 Å². The molecule has 2 fully saturated rings. The Bertz CT molecular complexity index is 1090. The third-order valence-electron chi connectivity index (χ3n) is 6.62. The van der Waals surface area contributed by atoms with E-state index in [1.807, 2.05) is 70.3 Å². The highest BCUT2D eigenvalue weighted by atomic mass is 16.7. The van der Waals surface area contributed by atoms with Gasteiger partial charge in [-0.3, -0.25) is 4.79 Å². The monoisotopic (exact) mass is 403 g/mol. The van der Waals surface area contributed by atoms with Gasteiger partial charge in [-0.25, -0.2) is 4.52 Å². The number of hydrogen-bond acceptors (Lipinski definition) is 4. The minimum atomic E-state index is -0.425. The number of nitrogens with zero attached hydrogens (tertiary/aromatic N) is 2. The van der Waals surface area contributed by atoms with Crippen molar-refractivity contribution in [2.75, 3.05) is 5.32 Å². The second-order valence-electron chi connectivity index (χ2n) is 9.30. The van der Waals surface area contributed by atoms with Crippen LogP contribution in [-0.2, 0) is 14.1 Å². The maximum Gasteiger partial charge on any atom is 0.494 e. The van der Waals surface area contributed by atoms with E-state index in [2.05, 4.69) is 22.5 Å². The van der Waals surface area contributed by atoms with Crippen molar-refractivity contribution in [1.82, 2.24) is 9.61 Å². The van der Waals surface area contributed by atoms with Gasteiger partial charge in [0.1, 0.15) is 0 Å². The van der Waals surface area contributed by atoms with Crippen molar-refractivity contribution < 1.29 is 14.1 Å². The SMILES string of the molecule is CC1(C)OB(c2ccn3nc(NC(=O)[C@H]4C[C@@H]4c4ccccc4)cc3c2)OC1(C)C. The predicted octanol–water partition coefficient (Wildman–Crippen LogP) is 3.38. The second kappa shape index (κ2) is 6.69. The Morgan fingerprint density at radius 3 is 2.50 bits per heavy atom. The molecule has 1 saturated heterocycles. The molecule has 7 heteroatoms. The van der Waals surface area contributed by atoms with E-state index in [0.717, 1.165) is 17.4 Å². The molecule has 1 N–H and O–H groups in total. The van der Waals surface area contributed by atoms with Gasteiger partial charge in [0.15, 0.2) is 5.82 Å². The molecule has 154 valence electrons. The second-order valence-corrected chi connectivity index (χ2v) is 9.30. The van der Waals surface area contributed by atoms with E-state index in [4.69, 9.17) is 9.31 Å². The zero-order valence-electron chi connectivity index (χ0n) is 17.8. The molecule has 6 nitrogen and oxygen atoms in total. The Balaban J connectivity index is 1.30. The van der Waals surface area contributed by atoms with Crippen LogP contribution < -0.4 is 10.8 Å². The normalized spacial score (nSPS) is 24.2. The molecule has 1 aliphatic carbocycles. The first-order valence-electron chi connectivity index (χ1n) is 10.4. The maximum atomic E-state index is 12.7. The van der Waals surface area contributed by atoms with E-state index in [0.29, 0.717) is 11.7 Å². The molecule has 30 heavy (non-hydrogen) atoms. The van der Waals surface area contributed by atoms with Crippen LogP contribution in [0.25, 0.3) is 5.52 Å². The summed E-state index contributed by atoms with van der Waals surface area (Å²) in [5.41, 5.74) is 2.27. The Morgan fingerprint density at radius 2 is 1.80 bits per heavy atom. The molecule has 3 heterocycles. The average molecular weight is 403 g/mol. The molecule has 1 aliphatic heterocycles. The van der Waals surface area contributed by atoms with E-state index >= 15 is 0 Å². The first kappa shape index (κ1) is 19.3. The molecular formula is C23H26BN3O3. The average Bonchev–Trinajstić information content (AvgIpc) is 3.35. The van der Waals surface area contributed by atoms with Crippen LogP contribution in [0.4, 0.5) is 5.82 Å². The van der Waals surface area contributed by atoms with Crippen LogP contribution in [0.1, 0.15) is 45.6 Å². The Morgan fingerprint density at radius 1 is 1.10 bits per heavy atom. The summed E-state index contributed by atoms with van der Waals surface area (Å²) in [5, 5.41) is 7.46. The summed E-state index contributed by atoms with van der Waals surface area (Å²) in [4.78, 5) is 12.7. The number of amides is 1. The standard InChI is InChI=1S/C23H26BN3O3/c1-22(2)23(3,4)30-24(29-22)16-10-11-27-17(12-16)13-20(26-27)25-21(28)19-14-18(19)15-8-6-5-7-9-15/h5-13,18-19H,14H2,1-4H3,(H,25,26,28)/t18-,19+/m1/s1. The highest BCUT2D eigenvalue weighted by Crippen LogP contribution is 2.47. The molecule has 0 bridgehead atoms. The zero-order chi connectivity index (χ0) is 21.1. The number of carbonyl (C=O) groups is 1. The van der Waals surface area contributed by atoms with Gasteiger partial charge in [-0.1, -0.05) is 30.3 Å². The van der Waals surface area contributed by atoms with Crippen LogP contribution in [0.2, 0.25) is 0 Å². The van der Waals surface area contributed by atoms with Gasteiger partial charge in [0, 0.05) is 18.2 Å². The minimum Gasteiger partial charge on any atom is -0.399 e. The van der Waals surface area contributed by atoms with Crippen molar-refractivity contribution in [2.24, 2.45) is 5.92 Å². The third kappa shape index (κ3) is 3.32. The number of benzene rings is 1. The van der Waals surface area contributed by atoms with Crippen molar-refractivity contribution >= 4 is 29.8 Å². The quantitative estimate of drug-likeness (QED) is 0.679. The highest BCUT2D eigenvalue weighted by Gasteiger charge is 2.51. The van der Waals surface area contributed by atoms with Gasteiger partial charge in [-0.15, -0.1) is 0 Å². The fourth-order valence-corrected chi connectivity index (χ4v) is 3.97. The van der Waals surface area contributed by atoms with E-state index < -0.39 is 7.12 Å². The topological polar surface area (TPSA) is 64.9 Å². The molecule has 1 saturated carbocycles. The van der Waals surface area contributed by atoms with Crippen LogP contribution in [0.3, 0.4) is 0 Å². The molecule has 2 atom stereocenters. The Kier molecular flexibility index (Phi) is 4.31. The first-order chi connectivity index (χ1) is 14.2. The summed E-state index contributed by atoms with van der Waals surface area (Å²) in [6, 6.07) is 16.0. The number of anilines is 1. The van der Waals surface area contributed by atoms with Gasteiger partial charge in [0.05, 0.1) is 16.7 Å². The molecule has 5 rings (SSSR count). The fraction of sp³-hybridized carbons (Fsp3) is 0.391. The minimum absolute atomic E-state index is 0.0116. The van der Waals surface area contributed by atoms with Crippen molar-refractivity contribution in [3.8, 4) is 0 Å². The molecule has 1 aromatic carbocycles. The number of fused-ring (bicyclic) bond motifs is 1. The number of aromatic nitrogens is 2. The van der Waals surface area contributed by atoms with Crippen LogP contribution in [0.15, 0.2) is 54.7 Å². The van der Waals surface area contributed by atoms with E-state index in [1.54, 1.807) is 4.52 Å². The lowest BCUT2D eigenvalue weighted by Crippen LogP contribution is -2.41. The summed E-state index contributed by atoms with van der Waals surface area (Å²) in [5.74, 6) is 0.902. The van der Waals surface area contributed by atoms with Crippen molar-refractivity contribution in [2.45, 2.75) is 51.2 Å². The van der Waals surface area contributed by atoms with E-state index in [-0.39, 0.29) is 23.0 Å². The largest absolute Gasteiger partial charge is 0.494 e. The van der Waals surface area contributed by atoms with Gasteiger partial charge in [-0.2, -0.15) is 5.10 Å². The third-order valence-corrected chi connectivity index (χ3v) is 6.62. The summed E-state index contributed by atoms with van der Waals surface area (Å²) < 4.78 is 14.0. The lowest BCUT2D eigenvalue weighted by Gasteiger charge is -2.32. The summed E-state index contributed by atoms with van der Waals surface area (Å²) in [6.07, 6.45) is 2.75. The van der Waals surface area contributed by atoms with Crippen molar-refractivity contribution in [1.29, 1.82) is 0 Å². The molecule has 0 unspecified atom stereocenters. The number of pyridine rings is 1. The van der Waals surface area contributed by atoms with Crippen LogP contribution in [0.5, 0.6) is 0 Å². The van der Waals surface area contributed by atoms with Gasteiger partial charge >= 0.3 is 7.12 Å². The summed E-state index contributed by atoms with van der Waals surface area (Å²) >= 11 is 0. The highest BCUT2D eigenvalue weighted by molar-refractivity contribution is 6.62. The van der Waals surface area contributed by atoms with Gasteiger partial charge in [0.2, 0.25) is 5.91 Å². The Labute approximate surface area is 176 Å². The lowest BCUT2D eigenvalue weighted by molar-refractivity contribution is -0.117. The lowest BCUT2D eigenvalue weighted by atomic mass is 9.79. The molecule has 2 aromatic heterocycles. The van der Waals surface area contributed by atoms with Gasteiger partial charge in [0.25, 0.3) is 0 Å². The fourth-order valence-electron chi connectivity index (χ4n) is 3.97. The smallest absolute Gasteiger partial charge is 0.399 e. The van der Waals surface area contributed by atoms with Gasteiger partial charge < -0.3 is 14.6 Å². The number of nitrogens with one attached hydrogen (secondary N) is 1. The molecule has 0 spiro atoms. The van der Waals surface area contributed by atoms with Crippen molar-refractivity contribution in [3.63, 3.8) is 0 Å². The van der Waals surface area contributed by atoms with Gasteiger partial charge in [-0.05, 0) is 63.2 Å². The number of hydrogen-bond donors (Lipinski definition) is 1. The summed E-state index contributed by atoms with van der Waals surface area (Å²) in [6.45, 7) is 8.16. The van der Waals surface area contributed by atoms with Crippen molar-refractivity contribution in [3.05, 3.63) is 60.3 Å². The molecule has 2 aliphatic rings. The van der Waals surface area contributed by atoms with Crippen LogP contribution >= 0.6 is 0 Å². The van der Waals surface area contributed by atoms with Crippen LogP contribution in [0, 0.1) is 5.92 Å². The van der Waals surface area contributed by atoms with E-state index in [9.17, 15) is 4.79 Å². The number of carbonyl (C=O) groups excluding carboxylic acids is 1. The summed E-state index contributed by atoms with van der Waals surface area (Å²) in [7, 11) is -0.425. The Hall–Kier alpha value is -2.64. The predicted molar refractivity (Wildman–Crippen MR) is 117 cm³/mol. The van der Waals surface area contributed by atoms with Crippen LogP contribution in [-0.4, -0.2) is 33.8 Å². The number of rotatable bonds is 4. The molecule has 0 radical (unpaired) electrons. The zero-order valence-corrected chi connectivity index (χ0v) is 17.8. The first-order valence-corrected chi connectivity index (χ1v) is 10.4. The molecule has 1 amide bonds. The molecular weight excluding hydrogens is 377 g/mol.